The second-order valence-corrected chi connectivity index (χ2v) is 3.85. The van der Waals surface area contributed by atoms with Crippen LogP contribution in [0, 0.1) is 5.82 Å². The normalized spacial score (nSPS) is 10.3. The summed E-state index contributed by atoms with van der Waals surface area (Å²) in [5, 5.41) is 11.4. The highest BCUT2D eigenvalue weighted by Crippen LogP contribution is 2.17. The van der Waals surface area contributed by atoms with Crippen molar-refractivity contribution in [1.29, 1.82) is 0 Å². The molecule has 0 radical (unpaired) electrons. The molecule has 2 rings (SSSR count). The number of hydrogen-bond acceptors (Lipinski definition) is 4. The number of nitrogens with zero attached hydrogens (tertiary/aromatic N) is 1. The molecule has 0 spiro atoms. The second-order valence-electron chi connectivity index (χ2n) is 3.45. The number of aromatic nitrogens is 1. The third kappa shape index (κ3) is 2.78. The minimum absolute atomic E-state index is 0.0212. The number of anilines is 1. The average molecular weight is 271 g/mol. The molecule has 0 atom stereocenters. The number of halogens is 2. The highest BCUT2D eigenvalue weighted by atomic mass is 35.5. The lowest BCUT2D eigenvalue weighted by Gasteiger charge is -2.02. The third-order valence-electron chi connectivity index (χ3n) is 2.15. The minimum Gasteiger partial charge on any atom is -0.476 e. The molecule has 1 heterocycles. The first-order valence-corrected chi connectivity index (χ1v) is 5.30. The fourth-order valence-corrected chi connectivity index (χ4v) is 1.48. The highest BCUT2D eigenvalue weighted by Gasteiger charge is 2.10. The molecule has 0 unspecified atom stereocenters. The van der Waals surface area contributed by atoms with E-state index in [-0.39, 0.29) is 16.7 Å². The van der Waals surface area contributed by atoms with E-state index < -0.39 is 11.8 Å². The topological polar surface area (TPSA) is 75.4 Å². The van der Waals surface area contributed by atoms with Crippen LogP contribution in [0.25, 0.3) is 0 Å². The molecule has 0 saturated carbocycles. The number of benzene rings is 1. The van der Waals surface area contributed by atoms with Crippen LogP contribution in [0.2, 0.25) is 5.02 Å². The molecule has 18 heavy (non-hydrogen) atoms. The molecule has 7 heteroatoms. The van der Waals surface area contributed by atoms with Crippen LogP contribution in [-0.4, -0.2) is 16.1 Å². The first kappa shape index (κ1) is 12.4. The van der Waals surface area contributed by atoms with Crippen LogP contribution in [0.3, 0.4) is 0 Å². The van der Waals surface area contributed by atoms with Gasteiger partial charge in [0.05, 0.1) is 5.02 Å². The quantitative estimate of drug-likeness (QED) is 0.893. The van der Waals surface area contributed by atoms with Gasteiger partial charge in [0.1, 0.15) is 12.1 Å². The Morgan fingerprint density at radius 2 is 2.33 bits per heavy atom. The van der Waals surface area contributed by atoms with Crippen molar-refractivity contribution in [2.45, 2.75) is 6.54 Å². The van der Waals surface area contributed by atoms with E-state index in [9.17, 15) is 9.18 Å². The number of oxazole rings is 1. The molecule has 0 saturated heterocycles. The predicted molar refractivity (Wildman–Crippen MR) is 62.2 cm³/mol. The van der Waals surface area contributed by atoms with Crippen molar-refractivity contribution in [3.63, 3.8) is 0 Å². The summed E-state index contributed by atoms with van der Waals surface area (Å²) in [7, 11) is 0. The van der Waals surface area contributed by atoms with Crippen LogP contribution >= 0.6 is 11.6 Å². The van der Waals surface area contributed by atoms with Crippen LogP contribution in [0.1, 0.15) is 16.1 Å². The van der Waals surface area contributed by atoms with Gasteiger partial charge in [-0.3, -0.25) is 0 Å². The lowest BCUT2D eigenvalue weighted by Crippen LogP contribution is -2.01. The van der Waals surface area contributed by atoms with Gasteiger partial charge in [0.2, 0.25) is 0 Å². The Morgan fingerprint density at radius 1 is 1.56 bits per heavy atom. The van der Waals surface area contributed by atoms with Crippen molar-refractivity contribution in [3.05, 3.63) is 46.6 Å². The second kappa shape index (κ2) is 5.05. The fraction of sp³-hybridized carbons (Fsp3) is 0.0909. The van der Waals surface area contributed by atoms with Crippen LogP contribution in [0.15, 0.2) is 28.9 Å². The van der Waals surface area contributed by atoms with Crippen molar-refractivity contribution in [2.24, 2.45) is 0 Å². The number of aromatic carboxylic acids is 1. The van der Waals surface area contributed by atoms with E-state index in [1.807, 2.05) is 0 Å². The third-order valence-corrected chi connectivity index (χ3v) is 2.44. The van der Waals surface area contributed by atoms with Gasteiger partial charge in [-0.1, -0.05) is 17.7 Å². The van der Waals surface area contributed by atoms with Crippen molar-refractivity contribution in [1.82, 2.24) is 4.98 Å². The van der Waals surface area contributed by atoms with E-state index in [4.69, 9.17) is 21.1 Å². The summed E-state index contributed by atoms with van der Waals surface area (Å²) in [6, 6.07) is 4.34. The van der Waals surface area contributed by atoms with Crippen LogP contribution in [0.5, 0.6) is 0 Å². The zero-order valence-electron chi connectivity index (χ0n) is 8.98. The summed E-state index contributed by atoms with van der Waals surface area (Å²) >= 11 is 5.62. The Morgan fingerprint density at radius 3 is 2.94 bits per heavy atom. The summed E-state index contributed by atoms with van der Waals surface area (Å²) in [6.07, 6.45) is 1.03. The number of nitrogens with one attached hydrogen (secondary N) is 1. The van der Waals surface area contributed by atoms with Gasteiger partial charge in [0.15, 0.2) is 5.69 Å². The molecule has 0 fully saturated rings. The van der Waals surface area contributed by atoms with Crippen molar-refractivity contribution in [2.75, 3.05) is 5.32 Å². The molecule has 1 aromatic heterocycles. The minimum atomic E-state index is -1.17. The largest absolute Gasteiger partial charge is 0.476 e. The Kier molecular flexibility index (Phi) is 3.47. The number of carboxylic acid groups (broad SMARTS) is 1. The van der Waals surface area contributed by atoms with E-state index >= 15 is 0 Å². The number of carbonyl (C=O) groups is 1. The molecule has 0 aliphatic rings. The van der Waals surface area contributed by atoms with Gasteiger partial charge in [-0.15, -0.1) is 0 Å². The number of carboxylic acids is 1. The average Bonchev–Trinajstić information content (AvgIpc) is 2.79. The van der Waals surface area contributed by atoms with Gasteiger partial charge in [0.25, 0.3) is 6.01 Å². The maximum absolute atomic E-state index is 12.9. The van der Waals surface area contributed by atoms with Gasteiger partial charge in [-0.25, -0.2) is 9.18 Å². The summed E-state index contributed by atoms with van der Waals surface area (Å²) in [4.78, 5) is 14.2. The van der Waals surface area contributed by atoms with E-state index in [2.05, 4.69) is 10.3 Å². The van der Waals surface area contributed by atoms with Crippen LogP contribution < -0.4 is 5.32 Å². The van der Waals surface area contributed by atoms with E-state index in [0.717, 1.165) is 11.8 Å². The molecule has 0 amide bonds. The zero-order chi connectivity index (χ0) is 13.1. The number of rotatable bonds is 4. The molecule has 2 N–H and O–H groups in total. The SMILES string of the molecule is O=C(O)c1coc(NCc2ccc(F)c(Cl)c2)n1. The molecule has 94 valence electrons. The maximum Gasteiger partial charge on any atom is 0.357 e. The smallest absolute Gasteiger partial charge is 0.357 e. The Bertz CT molecular complexity index is 585. The van der Waals surface area contributed by atoms with Gasteiger partial charge >= 0.3 is 5.97 Å². The van der Waals surface area contributed by atoms with E-state index in [1.54, 1.807) is 6.07 Å². The summed E-state index contributed by atoms with van der Waals surface area (Å²) in [6.45, 7) is 0.291. The monoisotopic (exact) mass is 270 g/mol. The maximum atomic E-state index is 12.9. The van der Waals surface area contributed by atoms with Gasteiger partial charge in [0, 0.05) is 6.54 Å². The van der Waals surface area contributed by atoms with Gasteiger partial charge in [-0.05, 0) is 17.7 Å². The first-order chi connectivity index (χ1) is 8.56. The fourth-order valence-electron chi connectivity index (χ4n) is 1.28. The Balaban J connectivity index is 2.02. The van der Waals surface area contributed by atoms with Gasteiger partial charge in [-0.2, -0.15) is 4.98 Å². The van der Waals surface area contributed by atoms with Crippen molar-refractivity contribution < 1.29 is 18.7 Å². The molecule has 1 aromatic carbocycles. The lowest BCUT2D eigenvalue weighted by molar-refractivity contribution is 0.0690. The first-order valence-electron chi connectivity index (χ1n) is 4.93. The number of hydrogen-bond donors (Lipinski definition) is 2. The summed E-state index contributed by atoms with van der Waals surface area (Å²) in [5.74, 6) is -1.67. The molecule has 2 aromatic rings. The predicted octanol–water partition coefficient (Wildman–Crippen LogP) is 2.78. The molecule has 5 nitrogen and oxygen atoms in total. The molecule has 0 bridgehead atoms. The summed E-state index contributed by atoms with van der Waals surface area (Å²) < 4.78 is 17.8. The molecule has 0 aliphatic heterocycles. The highest BCUT2D eigenvalue weighted by molar-refractivity contribution is 6.30. The standard InChI is InChI=1S/C11H8ClFN2O3/c12-7-3-6(1-2-8(7)13)4-14-11-15-9(5-18-11)10(16)17/h1-3,5H,4H2,(H,14,15)(H,16,17). The Labute approximate surface area is 106 Å². The van der Waals surface area contributed by atoms with Crippen LogP contribution in [-0.2, 0) is 6.54 Å². The van der Waals surface area contributed by atoms with E-state index in [0.29, 0.717) is 6.54 Å². The molecule has 0 aliphatic carbocycles. The lowest BCUT2D eigenvalue weighted by atomic mass is 10.2. The van der Waals surface area contributed by atoms with Crippen molar-refractivity contribution in [3.8, 4) is 0 Å². The Hall–Kier alpha value is -2.08. The van der Waals surface area contributed by atoms with Gasteiger partial charge < -0.3 is 14.8 Å². The molecular weight excluding hydrogens is 263 g/mol. The van der Waals surface area contributed by atoms with Crippen molar-refractivity contribution >= 4 is 23.6 Å². The van der Waals surface area contributed by atoms with Crippen LogP contribution in [0.4, 0.5) is 10.4 Å². The van der Waals surface area contributed by atoms with E-state index in [1.165, 1.54) is 12.1 Å². The molecular formula is C11H8ClFN2O3. The summed E-state index contributed by atoms with van der Waals surface area (Å²) in [5.41, 5.74) is 0.533. The zero-order valence-corrected chi connectivity index (χ0v) is 9.74.